The van der Waals surface area contributed by atoms with Crippen LogP contribution in [-0.2, 0) is 9.47 Å². The summed E-state index contributed by atoms with van der Waals surface area (Å²) < 4.78 is 13.2. The molecule has 2 aromatic rings. The second-order valence-corrected chi connectivity index (χ2v) is 5.34. The van der Waals surface area contributed by atoms with E-state index in [4.69, 9.17) is 15.2 Å². The van der Waals surface area contributed by atoms with Crippen LogP contribution >= 0.6 is 0 Å². The number of hydrogen-bond donors (Lipinski definition) is 3. The van der Waals surface area contributed by atoms with E-state index < -0.39 is 24.0 Å². The molecular weight excluding hydrogens is 278 g/mol. The fourth-order valence-electron chi connectivity index (χ4n) is 3.06. The Morgan fingerprint density at radius 1 is 1.43 bits per heavy atom. The Hall–Kier alpha value is -1.81. The van der Waals surface area contributed by atoms with E-state index in [2.05, 4.69) is 15.0 Å². The van der Waals surface area contributed by atoms with Crippen molar-refractivity contribution >= 4 is 17.0 Å². The van der Waals surface area contributed by atoms with Gasteiger partial charge in [-0.15, -0.1) is 0 Å². The Morgan fingerprint density at radius 3 is 3.05 bits per heavy atom. The minimum absolute atomic E-state index is 0.270. The van der Waals surface area contributed by atoms with Gasteiger partial charge in [-0.1, -0.05) is 0 Å². The molecule has 0 unspecified atom stereocenters. The van der Waals surface area contributed by atoms with E-state index in [0.29, 0.717) is 24.2 Å². The Kier molecular flexibility index (Phi) is 2.67. The van der Waals surface area contributed by atoms with Gasteiger partial charge in [0.05, 0.1) is 19.5 Å². The molecule has 4 rings (SSSR count). The van der Waals surface area contributed by atoms with Gasteiger partial charge in [-0.05, 0) is 0 Å². The highest BCUT2D eigenvalue weighted by atomic mass is 16.6. The number of aromatic nitrogens is 4. The van der Waals surface area contributed by atoms with Gasteiger partial charge < -0.3 is 25.4 Å². The van der Waals surface area contributed by atoms with E-state index in [9.17, 15) is 10.2 Å². The predicted molar refractivity (Wildman–Crippen MR) is 70.0 cm³/mol. The fourth-order valence-corrected chi connectivity index (χ4v) is 3.06. The van der Waals surface area contributed by atoms with Crippen LogP contribution in [0.1, 0.15) is 12.6 Å². The lowest BCUT2D eigenvalue weighted by atomic mass is 9.90. The van der Waals surface area contributed by atoms with Crippen molar-refractivity contribution in [1.82, 2.24) is 19.5 Å². The van der Waals surface area contributed by atoms with Crippen molar-refractivity contribution in [2.45, 2.75) is 30.5 Å². The fraction of sp³-hybridized carbons (Fsp3) is 0.583. The lowest BCUT2D eigenvalue weighted by Crippen LogP contribution is -2.51. The number of nitrogen functional groups attached to an aromatic ring is 1. The number of nitrogens with zero attached hydrogens (tertiary/aromatic N) is 4. The first-order valence-electron chi connectivity index (χ1n) is 6.68. The van der Waals surface area contributed by atoms with Crippen LogP contribution in [0.15, 0.2) is 12.7 Å². The molecule has 4 heterocycles. The number of imidazole rings is 1. The van der Waals surface area contributed by atoms with E-state index in [0.717, 1.165) is 0 Å². The minimum atomic E-state index is -0.997. The molecule has 112 valence electrons. The van der Waals surface area contributed by atoms with Crippen molar-refractivity contribution in [1.29, 1.82) is 0 Å². The topological polar surface area (TPSA) is 129 Å². The van der Waals surface area contributed by atoms with Gasteiger partial charge in [0, 0.05) is 6.42 Å². The third-order valence-corrected chi connectivity index (χ3v) is 4.25. The predicted octanol–water partition coefficient (Wildman–Crippen LogP) is -1.18. The van der Waals surface area contributed by atoms with Crippen molar-refractivity contribution < 1.29 is 19.7 Å². The summed E-state index contributed by atoms with van der Waals surface area (Å²) in [7, 11) is 0. The van der Waals surface area contributed by atoms with Gasteiger partial charge in [-0.3, -0.25) is 4.57 Å². The highest BCUT2D eigenvalue weighted by Gasteiger charge is 2.58. The van der Waals surface area contributed by atoms with Crippen LogP contribution in [-0.4, -0.2) is 60.8 Å². The van der Waals surface area contributed by atoms with Crippen LogP contribution in [0.2, 0.25) is 0 Å². The zero-order valence-electron chi connectivity index (χ0n) is 11.1. The molecule has 0 spiro atoms. The molecule has 0 radical (unpaired) electrons. The maximum absolute atomic E-state index is 10.4. The van der Waals surface area contributed by atoms with E-state index in [1.54, 1.807) is 4.57 Å². The number of aliphatic hydroxyl groups is 2. The van der Waals surface area contributed by atoms with Crippen LogP contribution in [0.4, 0.5) is 5.82 Å². The SMILES string of the molecule is Nc1ncnc2c1ncn2[C@@H]1O[C@@]2(CO)CCO[C@@H]1[C@@H]2O. The number of fused-ring (bicyclic) bond motifs is 3. The molecule has 2 saturated heterocycles. The monoisotopic (exact) mass is 293 g/mol. The maximum atomic E-state index is 10.4. The van der Waals surface area contributed by atoms with Gasteiger partial charge in [-0.25, -0.2) is 15.0 Å². The zero-order valence-corrected chi connectivity index (χ0v) is 11.1. The molecule has 0 aromatic carbocycles. The third kappa shape index (κ3) is 1.62. The molecule has 4 N–H and O–H groups in total. The largest absolute Gasteiger partial charge is 0.393 e. The van der Waals surface area contributed by atoms with Gasteiger partial charge >= 0.3 is 0 Å². The summed E-state index contributed by atoms with van der Waals surface area (Å²) in [4.78, 5) is 12.2. The van der Waals surface area contributed by atoms with E-state index in [-0.39, 0.29) is 12.4 Å². The average Bonchev–Trinajstić information content (AvgIpc) is 2.96. The van der Waals surface area contributed by atoms with Gasteiger partial charge in [-0.2, -0.15) is 0 Å². The Morgan fingerprint density at radius 2 is 2.29 bits per heavy atom. The van der Waals surface area contributed by atoms with Crippen molar-refractivity contribution in [2.75, 3.05) is 18.9 Å². The zero-order chi connectivity index (χ0) is 14.6. The Bertz CT molecular complexity index is 691. The van der Waals surface area contributed by atoms with Crippen LogP contribution in [0, 0.1) is 0 Å². The summed E-state index contributed by atoms with van der Waals surface area (Å²) in [5.41, 5.74) is 5.74. The molecule has 21 heavy (non-hydrogen) atoms. The molecular formula is C12H15N5O4. The first kappa shape index (κ1) is 12.9. The number of hydrogen-bond acceptors (Lipinski definition) is 8. The summed E-state index contributed by atoms with van der Waals surface area (Å²) in [6, 6.07) is 0. The van der Waals surface area contributed by atoms with Gasteiger partial charge in [0.15, 0.2) is 17.7 Å². The quantitative estimate of drug-likeness (QED) is 0.631. The van der Waals surface area contributed by atoms with Crippen LogP contribution in [0.25, 0.3) is 11.2 Å². The van der Waals surface area contributed by atoms with Crippen molar-refractivity contribution in [2.24, 2.45) is 0 Å². The molecule has 0 saturated carbocycles. The molecule has 9 heteroatoms. The standard InChI is InChI=1S/C12H15N5O4/c13-9-6-10(15-4-14-9)17(5-16-6)11-7-8(19)12(3-18,21-11)1-2-20-7/h4-5,7-8,11,18-19H,1-3H2,(H2,13,14,15)/t7-,8+,11-,12-/m1/s1. The summed E-state index contributed by atoms with van der Waals surface area (Å²) in [5, 5.41) is 20.0. The third-order valence-electron chi connectivity index (χ3n) is 4.25. The van der Waals surface area contributed by atoms with Crippen molar-refractivity contribution in [3.05, 3.63) is 12.7 Å². The highest BCUT2D eigenvalue weighted by Crippen LogP contribution is 2.44. The molecule has 9 nitrogen and oxygen atoms in total. The Labute approximate surface area is 119 Å². The van der Waals surface area contributed by atoms with Crippen molar-refractivity contribution in [3.63, 3.8) is 0 Å². The second kappa shape index (κ2) is 4.34. The molecule has 2 aliphatic rings. The average molecular weight is 293 g/mol. The molecule has 2 fully saturated rings. The molecule has 0 aliphatic carbocycles. The first-order valence-corrected chi connectivity index (χ1v) is 6.68. The lowest BCUT2D eigenvalue weighted by molar-refractivity contribution is -0.143. The van der Waals surface area contributed by atoms with E-state index >= 15 is 0 Å². The Balaban J connectivity index is 1.81. The molecule has 4 atom stereocenters. The first-order chi connectivity index (χ1) is 10.2. The second-order valence-electron chi connectivity index (χ2n) is 5.34. The molecule has 2 bridgehead atoms. The van der Waals surface area contributed by atoms with Gasteiger partial charge in [0.25, 0.3) is 0 Å². The summed E-state index contributed by atoms with van der Waals surface area (Å²) in [5.74, 6) is 0.276. The number of ether oxygens (including phenoxy) is 2. The summed E-state index contributed by atoms with van der Waals surface area (Å²) in [6.45, 7) is 0.150. The molecule has 2 aromatic heterocycles. The van der Waals surface area contributed by atoms with E-state index in [1.165, 1.54) is 12.7 Å². The number of anilines is 1. The van der Waals surface area contributed by atoms with Crippen molar-refractivity contribution in [3.8, 4) is 0 Å². The molecule has 2 aliphatic heterocycles. The van der Waals surface area contributed by atoms with Gasteiger partial charge in [0.1, 0.15) is 29.7 Å². The maximum Gasteiger partial charge on any atom is 0.167 e. The van der Waals surface area contributed by atoms with Crippen LogP contribution < -0.4 is 5.73 Å². The van der Waals surface area contributed by atoms with E-state index in [1.807, 2.05) is 0 Å². The minimum Gasteiger partial charge on any atom is -0.393 e. The summed E-state index contributed by atoms with van der Waals surface area (Å²) in [6.07, 6.45) is 1.20. The number of aliphatic hydroxyl groups excluding tert-OH is 2. The molecule has 0 amide bonds. The highest BCUT2D eigenvalue weighted by molar-refractivity contribution is 5.81. The van der Waals surface area contributed by atoms with Gasteiger partial charge in [0.2, 0.25) is 0 Å². The van der Waals surface area contributed by atoms with Crippen LogP contribution in [0.3, 0.4) is 0 Å². The lowest BCUT2D eigenvalue weighted by Gasteiger charge is -2.33. The smallest absolute Gasteiger partial charge is 0.167 e. The van der Waals surface area contributed by atoms with Crippen LogP contribution in [0.5, 0.6) is 0 Å². The number of rotatable bonds is 2. The number of nitrogens with two attached hydrogens (primary N) is 1. The summed E-state index contributed by atoms with van der Waals surface area (Å²) >= 11 is 0. The normalized spacial score (nSPS) is 35.4.